The Morgan fingerprint density at radius 3 is 2.28 bits per heavy atom. The number of carbonyl (C=O) groups excluding carboxylic acids is 1. The van der Waals surface area contributed by atoms with Crippen LogP contribution >= 0.6 is 0 Å². The van der Waals surface area contributed by atoms with E-state index in [2.05, 4.69) is 0 Å². The van der Waals surface area contributed by atoms with Gasteiger partial charge in [0.2, 0.25) is 0 Å². The highest BCUT2D eigenvalue weighted by atomic mass is 16.5. The molecule has 2 heterocycles. The lowest BCUT2D eigenvalue weighted by Gasteiger charge is -2.27. The van der Waals surface area contributed by atoms with Gasteiger partial charge in [0.1, 0.15) is 11.6 Å². The average Bonchev–Trinajstić information content (AvgIpc) is 3.08. The summed E-state index contributed by atoms with van der Waals surface area (Å²) in [6.45, 7) is 3.34. The second-order valence-corrected chi connectivity index (χ2v) is 8.13. The van der Waals surface area contributed by atoms with Crippen molar-refractivity contribution in [2.24, 2.45) is 19.1 Å². The van der Waals surface area contributed by atoms with Crippen molar-refractivity contribution in [1.82, 2.24) is 9.13 Å². The first-order valence-electron chi connectivity index (χ1n) is 10.3. The molecule has 160 valence electrons. The fourth-order valence-corrected chi connectivity index (χ4v) is 4.52. The fraction of sp³-hybridized carbons (Fsp3) is 0.200. The largest absolute Gasteiger partial charge is 0.426 e. The molecular weight excluding hydrogens is 406 g/mol. The molecular formula is C25H21N3O4. The van der Waals surface area contributed by atoms with Gasteiger partial charge in [-0.05, 0) is 12.5 Å². The maximum atomic E-state index is 13.4. The number of benzene rings is 2. The first kappa shape index (κ1) is 19.9. The first-order valence-corrected chi connectivity index (χ1v) is 10.3. The molecule has 1 aliphatic heterocycles. The summed E-state index contributed by atoms with van der Waals surface area (Å²) >= 11 is 0. The number of allylic oxidation sites excluding steroid dienone is 1. The van der Waals surface area contributed by atoms with Gasteiger partial charge in [-0.25, -0.2) is 9.79 Å². The third kappa shape index (κ3) is 2.74. The number of aromatic nitrogens is 2. The molecule has 1 aliphatic carbocycles. The van der Waals surface area contributed by atoms with Crippen LogP contribution in [0.1, 0.15) is 40.7 Å². The molecule has 3 aromatic rings. The van der Waals surface area contributed by atoms with Gasteiger partial charge in [-0.15, -0.1) is 0 Å². The minimum atomic E-state index is -0.551. The summed E-state index contributed by atoms with van der Waals surface area (Å²) in [5.41, 5.74) is 4.27. The maximum Gasteiger partial charge on any atom is 0.332 e. The van der Waals surface area contributed by atoms with Crippen LogP contribution in [0.2, 0.25) is 0 Å². The zero-order chi connectivity index (χ0) is 22.7. The summed E-state index contributed by atoms with van der Waals surface area (Å²) in [5, 5.41) is 0. The number of carbonyl (C=O) groups is 1. The lowest BCUT2D eigenvalue weighted by molar-refractivity contribution is -0.134. The molecule has 7 nitrogen and oxygen atoms in total. The van der Waals surface area contributed by atoms with E-state index in [1.807, 2.05) is 55.5 Å². The minimum Gasteiger partial charge on any atom is -0.426 e. The topological polar surface area (TPSA) is 82.7 Å². The maximum absolute atomic E-state index is 13.4. The van der Waals surface area contributed by atoms with Gasteiger partial charge >= 0.3 is 11.7 Å². The number of aliphatic imine (C=N–C) groups is 1. The van der Waals surface area contributed by atoms with Crippen LogP contribution in [-0.2, 0) is 23.6 Å². The van der Waals surface area contributed by atoms with Gasteiger partial charge in [-0.1, -0.05) is 54.1 Å². The Morgan fingerprint density at radius 1 is 0.969 bits per heavy atom. The number of hydrogen-bond donors (Lipinski definition) is 0. The second kappa shape index (κ2) is 7.02. The normalized spacial score (nSPS) is 16.2. The molecule has 5 rings (SSSR count). The van der Waals surface area contributed by atoms with Crippen LogP contribution in [0.25, 0.3) is 5.76 Å². The monoisotopic (exact) mass is 427 g/mol. The molecule has 0 amide bonds. The highest BCUT2D eigenvalue weighted by Crippen LogP contribution is 2.48. The van der Waals surface area contributed by atoms with Crippen LogP contribution in [0.5, 0.6) is 0 Å². The van der Waals surface area contributed by atoms with Crippen molar-refractivity contribution < 1.29 is 9.53 Å². The molecule has 2 aliphatic rings. The van der Waals surface area contributed by atoms with Gasteiger partial charge in [0, 0.05) is 43.6 Å². The molecule has 1 aromatic heterocycles. The van der Waals surface area contributed by atoms with Crippen LogP contribution in [0.4, 0.5) is 5.82 Å². The number of ether oxygens (including phenoxy) is 1. The molecule has 0 unspecified atom stereocenters. The minimum absolute atomic E-state index is 0.321. The van der Waals surface area contributed by atoms with Crippen molar-refractivity contribution in [3.05, 3.63) is 103 Å². The molecule has 0 spiro atoms. The van der Waals surface area contributed by atoms with Crippen molar-refractivity contribution >= 4 is 23.3 Å². The Morgan fingerprint density at radius 2 is 1.62 bits per heavy atom. The molecule has 0 fully saturated rings. The summed E-state index contributed by atoms with van der Waals surface area (Å²) in [4.78, 5) is 42.9. The van der Waals surface area contributed by atoms with E-state index < -0.39 is 23.1 Å². The number of nitrogens with zero attached hydrogens (tertiary/aromatic N) is 3. The fourth-order valence-electron chi connectivity index (χ4n) is 4.52. The molecule has 0 N–H and O–H groups in total. The third-order valence-corrected chi connectivity index (χ3v) is 6.05. The standard InChI is InChI=1S/C25H21N3O4/c1-13-9-11-15(12-10-13)18-19-21(16-7-5-6-8-17(16)22(19)32-14(2)29)26-23-20(18)24(30)28(4)25(31)27(23)3/h5-12,18H,1-4H3/t18-/m0/s1. The Kier molecular flexibility index (Phi) is 4.37. The van der Waals surface area contributed by atoms with Crippen molar-refractivity contribution in [3.63, 3.8) is 0 Å². The van der Waals surface area contributed by atoms with Crippen LogP contribution < -0.4 is 11.2 Å². The van der Waals surface area contributed by atoms with E-state index in [1.165, 1.54) is 18.5 Å². The van der Waals surface area contributed by atoms with Gasteiger partial charge in [0.25, 0.3) is 5.56 Å². The predicted molar refractivity (Wildman–Crippen MR) is 121 cm³/mol. The van der Waals surface area contributed by atoms with Crippen molar-refractivity contribution in [2.75, 3.05) is 0 Å². The smallest absolute Gasteiger partial charge is 0.332 e. The Hall–Kier alpha value is -4.00. The SMILES string of the molecule is CC(=O)OC1=C2C(=Nc3c(c(=O)n(C)c(=O)n3C)[C@H]2c2ccc(C)cc2)c2ccccc21. The van der Waals surface area contributed by atoms with E-state index in [1.54, 1.807) is 7.05 Å². The van der Waals surface area contributed by atoms with Gasteiger partial charge in [-0.3, -0.25) is 18.7 Å². The van der Waals surface area contributed by atoms with E-state index in [9.17, 15) is 14.4 Å². The van der Waals surface area contributed by atoms with E-state index in [0.717, 1.165) is 26.8 Å². The van der Waals surface area contributed by atoms with Gasteiger partial charge in [0.05, 0.1) is 11.3 Å². The highest BCUT2D eigenvalue weighted by molar-refractivity contribution is 6.25. The van der Waals surface area contributed by atoms with Crippen LogP contribution in [0.3, 0.4) is 0 Å². The van der Waals surface area contributed by atoms with E-state index >= 15 is 0 Å². The van der Waals surface area contributed by atoms with E-state index in [0.29, 0.717) is 28.4 Å². The Labute approximate surface area is 183 Å². The number of fused-ring (bicyclic) bond motifs is 4. The van der Waals surface area contributed by atoms with Crippen LogP contribution in [0, 0.1) is 6.92 Å². The van der Waals surface area contributed by atoms with Crippen LogP contribution in [0.15, 0.2) is 68.7 Å². The van der Waals surface area contributed by atoms with Gasteiger partial charge in [0.15, 0.2) is 0 Å². The van der Waals surface area contributed by atoms with Crippen molar-refractivity contribution in [3.8, 4) is 0 Å². The third-order valence-electron chi connectivity index (χ3n) is 6.05. The predicted octanol–water partition coefficient (Wildman–Crippen LogP) is 2.95. The molecule has 0 saturated heterocycles. The molecule has 1 atom stereocenters. The summed E-state index contributed by atoms with van der Waals surface area (Å²) in [6, 6.07) is 15.4. The zero-order valence-corrected chi connectivity index (χ0v) is 18.2. The quantitative estimate of drug-likeness (QED) is 0.589. The summed E-state index contributed by atoms with van der Waals surface area (Å²) in [6.07, 6.45) is 0. The van der Waals surface area contributed by atoms with Crippen LogP contribution in [-0.4, -0.2) is 20.8 Å². The van der Waals surface area contributed by atoms with Gasteiger partial charge in [-0.2, -0.15) is 0 Å². The van der Waals surface area contributed by atoms with Crippen molar-refractivity contribution in [1.29, 1.82) is 0 Å². The summed E-state index contributed by atoms with van der Waals surface area (Å²) in [5.74, 6) is -0.281. The lowest BCUT2D eigenvalue weighted by atomic mass is 9.81. The Bertz CT molecular complexity index is 1490. The second-order valence-electron chi connectivity index (χ2n) is 8.13. The summed E-state index contributed by atoms with van der Waals surface area (Å²) < 4.78 is 8.19. The molecule has 0 saturated carbocycles. The summed E-state index contributed by atoms with van der Waals surface area (Å²) in [7, 11) is 3.07. The highest BCUT2D eigenvalue weighted by Gasteiger charge is 2.42. The first-order chi connectivity index (χ1) is 15.3. The molecule has 32 heavy (non-hydrogen) atoms. The lowest BCUT2D eigenvalue weighted by Crippen LogP contribution is -2.41. The van der Waals surface area contributed by atoms with Gasteiger partial charge < -0.3 is 4.74 Å². The number of esters is 1. The molecule has 7 heteroatoms. The van der Waals surface area contributed by atoms with E-state index in [-0.39, 0.29) is 0 Å². The van der Waals surface area contributed by atoms with E-state index in [4.69, 9.17) is 9.73 Å². The number of hydrogen-bond acceptors (Lipinski definition) is 5. The van der Waals surface area contributed by atoms with Crippen molar-refractivity contribution in [2.45, 2.75) is 19.8 Å². The molecule has 2 aromatic carbocycles. The molecule has 0 bridgehead atoms. The number of aryl methyl sites for hydroxylation is 1. The number of rotatable bonds is 2. The molecule has 0 radical (unpaired) electrons. The zero-order valence-electron chi connectivity index (χ0n) is 18.2. The average molecular weight is 427 g/mol. The Balaban J connectivity index is 1.95.